The van der Waals surface area contributed by atoms with Crippen LogP contribution in [0.4, 0.5) is 10.8 Å². The molecule has 7 heteroatoms. The highest BCUT2D eigenvalue weighted by Gasteiger charge is 2.36. The van der Waals surface area contributed by atoms with Gasteiger partial charge in [-0.05, 0) is 25.5 Å². The van der Waals surface area contributed by atoms with Crippen LogP contribution in [-0.2, 0) is 16.0 Å². The molecule has 1 atom stereocenters. The highest BCUT2D eigenvalue weighted by molar-refractivity contribution is 7.15. The van der Waals surface area contributed by atoms with Gasteiger partial charge in [-0.15, -0.1) is 11.3 Å². The number of nitrogens with zero attached hydrogens (tertiary/aromatic N) is 2. The normalized spacial score (nSPS) is 17.0. The number of carbonyl (C=O) groups excluding carboxylic acids is 2. The van der Waals surface area contributed by atoms with Gasteiger partial charge in [0.05, 0.1) is 24.4 Å². The minimum atomic E-state index is -0.397. The second-order valence-electron chi connectivity index (χ2n) is 5.94. The number of nitrogens with one attached hydrogen (secondary N) is 1. The first-order valence-electron chi connectivity index (χ1n) is 8.24. The lowest BCUT2D eigenvalue weighted by molar-refractivity contribution is -0.122. The van der Waals surface area contributed by atoms with Crippen LogP contribution in [0.1, 0.15) is 23.9 Å². The molecule has 6 nitrogen and oxygen atoms in total. The maximum atomic E-state index is 12.5. The van der Waals surface area contributed by atoms with Gasteiger partial charge in [0, 0.05) is 17.8 Å². The predicted molar refractivity (Wildman–Crippen MR) is 98.3 cm³/mol. The van der Waals surface area contributed by atoms with Crippen LogP contribution >= 0.6 is 11.3 Å². The Kier molecular flexibility index (Phi) is 5.03. The number of aryl methyl sites for hydroxylation is 2. The van der Waals surface area contributed by atoms with Crippen molar-refractivity contribution in [3.8, 4) is 5.75 Å². The smallest absolute Gasteiger partial charge is 0.231 e. The van der Waals surface area contributed by atoms with Crippen molar-refractivity contribution in [1.82, 2.24) is 4.98 Å². The van der Waals surface area contributed by atoms with E-state index in [0.717, 1.165) is 17.0 Å². The maximum absolute atomic E-state index is 12.5. The molecular formula is C18H21N3O3S. The quantitative estimate of drug-likeness (QED) is 0.891. The van der Waals surface area contributed by atoms with Gasteiger partial charge in [0.25, 0.3) is 0 Å². The van der Waals surface area contributed by atoms with Crippen LogP contribution in [0, 0.1) is 12.8 Å². The summed E-state index contributed by atoms with van der Waals surface area (Å²) in [5.41, 5.74) is 1.70. The maximum Gasteiger partial charge on any atom is 0.231 e. The van der Waals surface area contributed by atoms with Gasteiger partial charge in [0.2, 0.25) is 11.8 Å². The monoisotopic (exact) mass is 359 g/mol. The summed E-state index contributed by atoms with van der Waals surface area (Å²) < 4.78 is 5.32. The van der Waals surface area contributed by atoms with Gasteiger partial charge in [-0.1, -0.05) is 19.1 Å². The number of benzene rings is 1. The number of hydrogen-bond donors (Lipinski definition) is 1. The Morgan fingerprint density at radius 2 is 2.20 bits per heavy atom. The van der Waals surface area contributed by atoms with Crippen molar-refractivity contribution in [2.45, 2.75) is 26.7 Å². The SMILES string of the molecule is CCc1nc(NC(=O)C2CC(=O)N(c3ccccc3OC)C2)sc1C. The number of thiazole rings is 1. The van der Waals surface area contributed by atoms with E-state index in [1.807, 2.05) is 32.0 Å². The number of methoxy groups -OCH3 is 1. The number of anilines is 2. The molecule has 1 saturated heterocycles. The van der Waals surface area contributed by atoms with Gasteiger partial charge in [-0.2, -0.15) is 0 Å². The average molecular weight is 359 g/mol. The molecule has 0 saturated carbocycles. The molecule has 1 aliphatic heterocycles. The number of amides is 2. The number of para-hydroxylation sites is 2. The molecule has 132 valence electrons. The third-order valence-corrected chi connectivity index (χ3v) is 5.26. The van der Waals surface area contributed by atoms with Gasteiger partial charge < -0.3 is 15.0 Å². The Hall–Kier alpha value is -2.41. The minimum absolute atomic E-state index is 0.0748. The Bertz CT molecular complexity index is 803. The molecule has 3 rings (SSSR count). The summed E-state index contributed by atoms with van der Waals surface area (Å²) in [6, 6.07) is 7.34. The number of aromatic nitrogens is 1. The Balaban J connectivity index is 1.72. The zero-order valence-corrected chi connectivity index (χ0v) is 15.4. The van der Waals surface area contributed by atoms with E-state index in [1.54, 1.807) is 18.1 Å². The van der Waals surface area contributed by atoms with Crippen LogP contribution in [0.3, 0.4) is 0 Å². The van der Waals surface area contributed by atoms with Gasteiger partial charge in [-0.3, -0.25) is 9.59 Å². The number of rotatable bonds is 5. The fraction of sp³-hybridized carbons (Fsp3) is 0.389. The van der Waals surface area contributed by atoms with Crippen LogP contribution in [-0.4, -0.2) is 30.5 Å². The Labute approximate surface area is 150 Å². The first-order chi connectivity index (χ1) is 12.0. The summed E-state index contributed by atoms with van der Waals surface area (Å²) in [5, 5.41) is 3.46. The average Bonchev–Trinajstić information content (AvgIpc) is 3.17. The van der Waals surface area contributed by atoms with Crippen molar-refractivity contribution in [3.05, 3.63) is 34.8 Å². The minimum Gasteiger partial charge on any atom is -0.495 e. The lowest BCUT2D eigenvalue weighted by atomic mass is 10.1. The van der Waals surface area contributed by atoms with Crippen molar-refractivity contribution < 1.29 is 14.3 Å². The molecule has 1 aliphatic rings. The van der Waals surface area contributed by atoms with E-state index in [9.17, 15) is 9.59 Å². The third kappa shape index (κ3) is 3.51. The molecule has 1 N–H and O–H groups in total. The van der Waals surface area contributed by atoms with E-state index < -0.39 is 5.92 Å². The molecule has 25 heavy (non-hydrogen) atoms. The lowest BCUT2D eigenvalue weighted by Crippen LogP contribution is -2.28. The first-order valence-corrected chi connectivity index (χ1v) is 9.05. The zero-order valence-electron chi connectivity index (χ0n) is 14.5. The molecule has 2 aromatic rings. The Morgan fingerprint density at radius 1 is 1.44 bits per heavy atom. The summed E-state index contributed by atoms with van der Waals surface area (Å²) in [6.07, 6.45) is 1.02. The molecule has 0 bridgehead atoms. The second-order valence-corrected chi connectivity index (χ2v) is 7.15. The van der Waals surface area contributed by atoms with E-state index in [0.29, 0.717) is 23.1 Å². The van der Waals surface area contributed by atoms with Crippen LogP contribution in [0.5, 0.6) is 5.75 Å². The number of ether oxygens (including phenoxy) is 1. The molecule has 1 unspecified atom stereocenters. The van der Waals surface area contributed by atoms with Crippen LogP contribution in [0.2, 0.25) is 0 Å². The topological polar surface area (TPSA) is 71.5 Å². The van der Waals surface area contributed by atoms with Crippen LogP contribution in [0.25, 0.3) is 0 Å². The van der Waals surface area contributed by atoms with Crippen molar-refractivity contribution in [1.29, 1.82) is 0 Å². The fourth-order valence-corrected chi connectivity index (χ4v) is 3.89. The molecule has 1 fully saturated rings. The Morgan fingerprint density at radius 3 is 2.88 bits per heavy atom. The highest BCUT2D eigenvalue weighted by Crippen LogP contribution is 2.33. The van der Waals surface area contributed by atoms with E-state index in [2.05, 4.69) is 10.3 Å². The van der Waals surface area contributed by atoms with Crippen molar-refractivity contribution in [2.24, 2.45) is 5.92 Å². The predicted octanol–water partition coefficient (Wildman–Crippen LogP) is 3.01. The third-order valence-electron chi connectivity index (χ3n) is 4.33. The van der Waals surface area contributed by atoms with Crippen molar-refractivity contribution >= 4 is 34.0 Å². The summed E-state index contributed by atoms with van der Waals surface area (Å²) in [7, 11) is 1.57. The molecule has 0 spiro atoms. The standard InChI is InChI=1S/C18H21N3O3S/c1-4-13-11(2)25-18(19-13)20-17(23)12-9-16(22)21(10-12)14-7-5-6-8-15(14)24-3/h5-8,12H,4,9-10H2,1-3H3,(H,19,20,23). The van der Waals surface area contributed by atoms with E-state index in [1.165, 1.54) is 11.3 Å². The molecular weight excluding hydrogens is 338 g/mol. The molecule has 2 heterocycles. The molecule has 2 amide bonds. The molecule has 1 aromatic carbocycles. The highest BCUT2D eigenvalue weighted by atomic mass is 32.1. The van der Waals surface area contributed by atoms with E-state index >= 15 is 0 Å². The summed E-state index contributed by atoms with van der Waals surface area (Å²) in [4.78, 5) is 32.1. The van der Waals surface area contributed by atoms with E-state index in [-0.39, 0.29) is 18.2 Å². The molecule has 1 aromatic heterocycles. The first kappa shape index (κ1) is 17.4. The summed E-state index contributed by atoms with van der Waals surface area (Å²) >= 11 is 1.47. The van der Waals surface area contributed by atoms with Crippen LogP contribution in [0.15, 0.2) is 24.3 Å². The molecule has 0 radical (unpaired) electrons. The summed E-state index contributed by atoms with van der Waals surface area (Å²) in [6.45, 7) is 4.37. The molecule has 0 aliphatic carbocycles. The summed E-state index contributed by atoms with van der Waals surface area (Å²) in [5.74, 6) is -0.0110. The van der Waals surface area contributed by atoms with Gasteiger partial charge in [0.15, 0.2) is 5.13 Å². The lowest BCUT2D eigenvalue weighted by Gasteiger charge is -2.19. The largest absolute Gasteiger partial charge is 0.495 e. The van der Waals surface area contributed by atoms with Crippen LogP contribution < -0.4 is 15.0 Å². The van der Waals surface area contributed by atoms with Gasteiger partial charge >= 0.3 is 0 Å². The van der Waals surface area contributed by atoms with Crippen molar-refractivity contribution in [2.75, 3.05) is 23.9 Å². The second kappa shape index (κ2) is 7.23. The fourth-order valence-electron chi connectivity index (χ4n) is 2.99. The number of hydrogen-bond acceptors (Lipinski definition) is 5. The van der Waals surface area contributed by atoms with Gasteiger partial charge in [-0.25, -0.2) is 4.98 Å². The van der Waals surface area contributed by atoms with Crippen molar-refractivity contribution in [3.63, 3.8) is 0 Å². The zero-order chi connectivity index (χ0) is 18.0. The van der Waals surface area contributed by atoms with Gasteiger partial charge in [0.1, 0.15) is 5.75 Å². The number of carbonyl (C=O) groups is 2. The van der Waals surface area contributed by atoms with E-state index in [4.69, 9.17) is 4.74 Å².